The van der Waals surface area contributed by atoms with E-state index in [1.807, 2.05) is 6.92 Å². The second-order valence-corrected chi connectivity index (χ2v) is 9.87. The summed E-state index contributed by atoms with van der Waals surface area (Å²) in [5.74, 6) is 0.841. The number of carbonyl (C=O) groups is 1. The molecule has 0 saturated heterocycles. The molecule has 154 valence electrons. The zero-order valence-corrected chi connectivity index (χ0v) is 18.8. The van der Waals surface area contributed by atoms with Gasteiger partial charge in [-0.3, -0.25) is 4.79 Å². The van der Waals surface area contributed by atoms with E-state index < -0.39 is 10.0 Å². The monoisotopic (exact) mass is 470 g/mol. The Balaban J connectivity index is 2.05. The van der Waals surface area contributed by atoms with Crippen molar-refractivity contribution in [1.82, 2.24) is 10.0 Å². The summed E-state index contributed by atoms with van der Waals surface area (Å²) in [5.41, 5.74) is 0.289. The Morgan fingerprint density at radius 3 is 2.57 bits per heavy atom. The van der Waals surface area contributed by atoms with Crippen LogP contribution >= 0.6 is 15.9 Å². The molecule has 2 aromatic rings. The number of sulfonamides is 1. The van der Waals surface area contributed by atoms with Gasteiger partial charge >= 0.3 is 0 Å². The van der Waals surface area contributed by atoms with Crippen LogP contribution in [0.15, 0.2) is 50.4 Å². The molecule has 0 spiro atoms. The van der Waals surface area contributed by atoms with Crippen molar-refractivity contribution in [2.45, 2.75) is 57.5 Å². The van der Waals surface area contributed by atoms with Crippen LogP contribution in [0.1, 0.15) is 56.2 Å². The minimum absolute atomic E-state index is 0.00971. The van der Waals surface area contributed by atoms with E-state index in [4.69, 9.17) is 4.42 Å². The molecule has 1 heterocycles. The van der Waals surface area contributed by atoms with Gasteiger partial charge in [-0.1, -0.05) is 26.7 Å². The van der Waals surface area contributed by atoms with Gasteiger partial charge in [0.05, 0.1) is 23.3 Å². The molecule has 0 fully saturated rings. The lowest BCUT2D eigenvalue weighted by Crippen LogP contribution is -2.33. The van der Waals surface area contributed by atoms with Crippen LogP contribution in [0.3, 0.4) is 0 Å². The molecule has 1 atom stereocenters. The molecule has 0 bridgehead atoms. The zero-order chi connectivity index (χ0) is 20.7. The van der Waals surface area contributed by atoms with Gasteiger partial charge in [0.2, 0.25) is 10.0 Å². The number of hydrogen-bond donors (Lipinski definition) is 2. The molecule has 28 heavy (non-hydrogen) atoms. The zero-order valence-electron chi connectivity index (χ0n) is 16.4. The number of benzene rings is 1. The van der Waals surface area contributed by atoms with Crippen molar-refractivity contribution >= 4 is 31.9 Å². The predicted molar refractivity (Wildman–Crippen MR) is 112 cm³/mol. The number of rotatable bonds is 10. The number of furan rings is 1. The quantitative estimate of drug-likeness (QED) is 0.536. The fourth-order valence-corrected chi connectivity index (χ4v) is 4.16. The molecule has 1 aromatic carbocycles. The van der Waals surface area contributed by atoms with Crippen LogP contribution in [0, 0.1) is 5.92 Å². The van der Waals surface area contributed by atoms with Crippen LogP contribution in [0.4, 0.5) is 0 Å². The van der Waals surface area contributed by atoms with E-state index >= 15 is 0 Å². The SMILES string of the molecule is CC(C)CCCC(C)NC(=O)c1cc(S(=O)(=O)NCc2ccco2)ccc1Br. The molecule has 0 aliphatic rings. The third-order valence-corrected chi connectivity index (χ3v) is 6.40. The van der Waals surface area contributed by atoms with Gasteiger partial charge in [-0.25, -0.2) is 13.1 Å². The van der Waals surface area contributed by atoms with E-state index in [0.717, 1.165) is 19.3 Å². The van der Waals surface area contributed by atoms with Crippen molar-refractivity contribution in [2.24, 2.45) is 5.92 Å². The molecule has 6 nitrogen and oxygen atoms in total. The summed E-state index contributed by atoms with van der Waals surface area (Å²) in [6, 6.07) is 7.79. The van der Waals surface area contributed by atoms with E-state index in [0.29, 0.717) is 16.2 Å². The summed E-state index contributed by atoms with van der Waals surface area (Å²) < 4.78 is 33.2. The first-order valence-electron chi connectivity index (χ1n) is 9.31. The average Bonchev–Trinajstić information content (AvgIpc) is 3.13. The van der Waals surface area contributed by atoms with Gasteiger partial charge in [-0.05, 0) is 65.5 Å². The molecule has 2 N–H and O–H groups in total. The Morgan fingerprint density at radius 2 is 1.93 bits per heavy atom. The van der Waals surface area contributed by atoms with E-state index in [1.54, 1.807) is 18.2 Å². The van der Waals surface area contributed by atoms with E-state index in [-0.39, 0.29) is 29.0 Å². The first-order chi connectivity index (χ1) is 13.2. The third kappa shape index (κ3) is 6.76. The number of nitrogens with one attached hydrogen (secondary N) is 2. The van der Waals surface area contributed by atoms with Crippen LogP contribution in [-0.2, 0) is 16.6 Å². The summed E-state index contributed by atoms with van der Waals surface area (Å²) in [4.78, 5) is 12.7. The van der Waals surface area contributed by atoms with Gasteiger partial charge in [-0.2, -0.15) is 0 Å². The normalized spacial score (nSPS) is 12.9. The van der Waals surface area contributed by atoms with E-state index in [9.17, 15) is 13.2 Å². The van der Waals surface area contributed by atoms with Crippen molar-refractivity contribution in [1.29, 1.82) is 0 Å². The predicted octanol–water partition coefficient (Wildman–Crippen LogP) is 4.47. The lowest BCUT2D eigenvalue weighted by atomic mass is 10.0. The van der Waals surface area contributed by atoms with Crippen LogP contribution in [-0.4, -0.2) is 20.4 Å². The van der Waals surface area contributed by atoms with Gasteiger partial charge < -0.3 is 9.73 Å². The topological polar surface area (TPSA) is 88.4 Å². The highest BCUT2D eigenvalue weighted by molar-refractivity contribution is 9.10. The minimum atomic E-state index is -3.77. The Kier molecular flexibility index (Phi) is 8.27. The lowest BCUT2D eigenvalue weighted by Gasteiger charge is -2.16. The first kappa shape index (κ1) is 22.6. The van der Waals surface area contributed by atoms with Gasteiger partial charge in [-0.15, -0.1) is 0 Å². The highest BCUT2D eigenvalue weighted by Gasteiger charge is 2.19. The van der Waals surface area contributed by atoms with Gasteiger partial charge in [0.25, 0.3) is 5.91 Å². The molecule has 1 unspecified atom stereocenters. The van der Waals surface area contributed by atoms with E-state index in [1.165, 1.54) is 18.4 Å². The number of halogens is 1. The second-order valence-electron chi connectivity index (χ2n) is 7.24. The number of hydrogen-bond acceptors (Lipinski definition) is 4. The average molecular weight is 471 g/mol. The molecule has 0 aliphatic heterocycles. The van der Waals surface area contributed by atoms with Crippen molar-refractivity contribution in [3.63, 3.8) is 0 Å². The summed E-state index contributed by atoms with van der Waals surface area (Å²) in [6.45, 7) is 6.34. The maximum atomic E-state index is 12.6. The van der Waals surface area contributed by atoms with E-state index in [2.05, 4.69) is 39.8 Å². The van der Waals surface area contributed by atoms with Crippen molar-refractivity contribution in [2.75, 3.05) is 0 Å². The van der Waals surface area contributed by atoms with Gasteiger partial charge in [0, 0.05) is 10.5 Å². The lowest BCUT2D eigenvalue weighted by molar-refractivity contribution is 0.0936. The molecule has 8 heteroatoms. The molecule has 0 saturated carbocycles. The maximum absolute atomic E-state index is 12.6. The summed E-state index contributed by atoms with van der Waals surface area (Å²) in [7, 11) is -3.77. The standard InChI is InChI=1S/C20H27BrN2O4S/c1-14(2)6-4-7-15(3)23-20(24)18-12-17(9-10-19(18)21)28(25,26)22-13-16-8-5-11-27-16/h5,8-12,14-15,22H,4,6-7,13H2,1-3H3,(H,23,24). The Hall–Kier alpha value is -1.64. The van der Waals surface area contributed by atoms with Crippen molar-refractivity contribution < 1.29 is 17.6 Å². The molecule has 1 aromatic heterocycles. The highest BCUT2D eigenvalue weighted by atomic mass is 79.9. The Labute approximate surface area is 175 Å². The molecule has 1 amide bonds. The van der Waals surface area contributed by atoms with Gasteiger partial charge in [0.1, 0.15) is 5.76 Å². The molecule has 0 aliphatic carbocycles. The smallest absolute Gasteiger partial charge is 0.252 e. The van der Waals surface area contributed by atoms with Crippen LogP contribution in [0.2, 0.25) is 0 Å². The van der Waals surface area contributed by atoms with Crippen molar-refractivity contribution in [3.05, 3.63) is 52.4 Å². The fraction of sp³-hybridized carbons (Fsp3) is 0.450. The summed E-state index contributed by atoms with van der Waals surface area (Å²) >= 11 is 3.34. The van der Waals surface area contributed by atoms with Crippen molar-refractivity contribution in [3.8, 4) is 0 Å². The Bertz CT molecular complexity index is 880. The number of carbonyl (C=O) groups excluding carboxylic acids is 1. The Morgan fingerprint density at radius 1 is 1.18 bits per heavy atom. The maximum Gasteiger partial charge on any atom is 0.252 e. The number of amides is 1. The fourth-order valence-electron chi connectivity index (χ4n) is 2.71. The van der Waals surface area contributed by atoms with Crippen LogP contribution in [0.5, 0.6) is 0 Å². The second kappa shape index (κ2) is 10.2. The van der Waals surface area contributed by atoms with Crippen LogP contribution < -0.4 is 10.0 Å². The minimum Gasteiger partial charge on any atom is -0.468 e. The summed E-state index contributed by atoms with van der Waals surface area (Å²) in [6.07, 6.45) is 4.50. The molecule has 0 radical (unpaired) electrons. The summed E-state index contributed by atoms with van der Waals surface area (Å²) in [5, 5.41) is 2.94. The molecule has 2 rings (SSSR count). The van der Waals surface area contributed by atoms with Crippen LogP contribution in [0.25, 0.3) is 0 Å². The largest absolute Gasteiger partial charge is 0.468 e. The third-order valence-electron chi connectivity index (χ3n) is 4.31. The first-order valence-corrected chi connectivity index (χ1v) is 11.6. The highest BCUT2D eigenvalue weighted by Crippen LogP contribution is 2.22. The van der Waals surface area contributed by atoms with Gasteiger partial charge in [0.15, 0.2) is 0 Å². The molecular weight excluding hydrogens is 444 g/mol. The molecular formula is C20H27BrN2O4S.